The number of carbonyl (C=O) groups excluding carboxylic acids is 1. The summed E-state index contributed by atoms with van der Waals surface area (Å²) in [6.45, 7) is 8.85. The number of nitrogens with zero attached hydrogens (tertiary/aromatic N) is 2. The normalized spacial score (nSPS) is 24.4. The van der Waals surface area contributed by atoms with E-state index in [1.54, 1.807) is 14.0 Å². The van der Waals surface area contributed by atoms with Gasteiger partial charge >= 0.3 is 0 Å². The van der Waals surface area contributed by atoms with Crippen LogP contribution in [0.25, 0.3) is 0 Å². The fourth-order valence-corrected chi connectivity index (χ4v) is 4.97. The molecule has 1 fully saturated rings. The fourth-order valence-electron chi connectivity index (χ4n) is 4.97. The van der Waals surface area contributed by atoms with Gasteiger partial charge in [-0.05, 0) is 56.0 Å². The van der Waals surface area contributed by atoms with Gasteiger partial charge in [0, 0.05) is 38.0 Å². The summed E-state index contributed by atoms with van der Waals surface area (Å²) in [5.74, 6) is 1.49. The van der Waals surface area contributed by atoms with Crippen LogP contribution in [-0.4, -0.2) is 49.0 Å². The third kappa shape index (κ3) is 4.86. The minimum absolute atomic E-state index is 0.0841. The molecular formula is C26H36N2O2. The molecule has 0 aromatic heterocycles. The zero-order valence-corrected chi connectivity index (χ0v) is 19.1. The Morgan fingerprint density at radius 3 is 2.40 bits per heavy atom. The summed E-state index contributed by atoms with van der Waals surface area (Å²) < 4.78 is 5.26. The molecule has 1 heterocycles. The zero-order valence-electron chi connectivity index (χ0n) is 19.1. The Morgan fingerprint density at radius 1 is 1.13 bits per heavy atom. The maximum atomic E-state index is 12.5. The van der Waals surface area contributed by atoms with E-state index in [4.69, 9.17) is 4.74 Å². The van der Waals surface area contributed by atoms with Gasteiger partial charge in [-0.3, -0.25) is 4.79 Å². The fraction of sp³-hybridized carbons (Fsp3) is 0.500. The number of benzene rings is 2. The van der Waals surface area contributed by atoms with E-state index in [1.807, 2.05) is 29.2 Å². The molecular weight excluding hydrogens is 372 g/mol. The number of amides is 1. The van der Waals surface area contributed by atoms with Crippen LogP contribution in [0.15, 0.2) is 54.6 Å². The Hall–Kier alpha value is -2.33. The molecule has 30 heavy (non-hydrogen) atoms. The predicted molar refractivity (Wildman–Crippen MR) is 123 cm³/mol. The van der Waals surface area contributed by atoms with Crippen LogP contribution >= 0.6 is 0 Å². The molecule has 0 saturated carbocycles. The van der Waals surface area contributed by atoms with Gasteiger partial charge in [0.2, 0.25) is 5.91 Å². The lowest BCUT2D eigenvalue weighted by atomic mass is 9.63. The number of ether oxygens (including phenoxy) is 1. The van der Waals surface area contributed by atoms with Gasteiger partial charge < -0.3 is 14.5 Å². The van der Waals surface area contributed by atoms with E-state index in [9.17, 15) is 4.79 Å². The van der Waals surface area contributed by atoms with Crippen LogP contribution < -0.4 is 4.74 Å². The number of hydrogen-bond acceptors (Lipinski definition) is 3. The zero-order chi connectivity index (χ0) is 21.7. The van der Waals surface area contributed by atoms with Crippen LogP contribution in [0.1, 0.15) is 44.7 Å². The number of methoxy groups -OCH3 is 1. The molecule has 2 aromatic rings. The molecule has 1 saturated heterocycles. The summed E-state index contributed by atoms with van der Waals surface area (Å²) in [7, 11) is 3.89. The van der Waals surface area contributed by atoms with E-state index in [-0.39, 0.29) is 11.3 Å². The van der Waals surface area contributed by atoms with Gasteiger partial charge in [0.05, 0.1) is 7.11 Å². The summed E-state index contributed by atoms with van der Waals surface area (Å²) >= 11 is 0. The lowest BCUT2D eigenvalue weighted by Gasteiger charge is -2.50. The second-order valence-electron chi connectivity index (χ2n) is 8.95. The molecule has 0 radical (unpaired) electrons. The number of carbonyl (C=O) groups is 1. The summed E-state index contributed by atoms with van der Waals surface area (Å²) in [5.41, 5.74) is 2.62. The van der Waals surface area contributed by atoms with Crippen LogP contribution in [0.5, 0.6) is 5.75 Å². The van der Waals surface area contributed by atoms with Crippen LogP contribution in [0.3, 0.4) is 0 Å². The minimum Gasteiger partial charge on any atom is -0.497 e. The highest BCUT2D eigenvalue weighted by Crippen LogP contribution is 2.44. The number of hydrogen-bond donors (Lipinski definition) is 0. The summed E-state index contributed by atoms with van der Waals surface area (Å²) in [6, 6.07) is 19.5. The maximum absolute atomic E-state index is 12.5. The molecule has 4 nitrogen and oxygen atoms in total. The summed E-state index contributed by atoms with van der Waals surface area (Å²) in [4.78, 5) is 16.9. The van der Waals surface area contributed by atoms with Crippen molar-refractivity contribution in [3.05, 3.63) is 65.7 Å². The second-order valence-corrected chi connectivity index (χ2v) is 8.95. The number of likely N-dealkylation sites (tertiary alicyclic amines) is 1. The van der Waals surface area contributed by atoms with E-state index in [0.29, 0.717) is 18.5 Å². The molecule has 0 aliphatic carbocycles. The predicted octanol–water partition coefficient (Wildman–Crippen LogP) is 4.73. The Morgan fingerprint density at radius 2 is 1.80 bits per heavy atom. The second kappa shape index (κ2) is 9.65. The molecule has 4 heteroatoms. The first kappa shape index (κ1) is 22.4. The molecule has 0 N–H and O–H groups in total. The average Bonchev–Trinajstić information content (AvgIpc) is 2.75. The van der Waals surface area contributed by atoms with Gasteiger partial charge in [-0.15, -0.1) is 0 Å². The van der Waals surface area contributed by atoms with Crippen molar-refractivity contribution in [2.24, 2.45) is 5.92 Å². The van der Waals surface area contributed by atoms with Gasteiger partial charge in [-0.1, -0.05) is 49.4 Å². The summed E-state index contributed by atoms with van der Waals surface area (Å²) in [6.07, 6.45) is 2.09. The van der Waals surface area contributed by atoms with E-state index >= 15 is 0 Å². The SMILES string of the molecule is COc1ccc(CN(CC[C@]2(c3ccccc3)C[C@H](C)N(C)C[C@H]2C)C(C)=O)cc1. The van der Waals surface area contributed by atoms with Crippen molar-refractivity contribution < 1.29 is 9.53 Å². The van der Waals surface area contributed by atoms with Gasteiger partial charge in [0.25, 0.3) is 0 Å². The molecule has 1 aliphatic rings. The third-order valence-corrected chi connectivity index (χ3v) is 7.07. The lowest BCUT2D eigenvalue weighted by Crippen LogP contribution is -2.52. The van der Waals surface area contributed by atoms with Gasteiger partial charge in [-0.2, -0.15) is 0 Å². The monoisotopic (exact) mass is 408 g/mol. The van der Waals surface area contributed by atoms with Gasteiger partial charge in [-0.25, -0.2) is 0 Å². The van der Waals surface area contributed by atoms with Crippen molar-refractivity contribution >= 4 is 5.91 Å². The number of piperidine rings is 1. The van der Waals surface area contributed by atoms with Crippen LogP contribution in [0.4, 0.5) is 0 Å². The van der Waals surface area contributed by atoms with Crippen molar-refractivity contribution in [1.29, 1.82) is 0 Å². The maximum Gasteiger partial charge on any atom is 0.219 e. The largest absolute Gasteiger partial charge is 0.497 e. The van der Waals surface area contributed by atoms with Crippen molar-refractivity contribution in [3.63, 3.8) is 0 Å². The molecule has 1 aliphatic heterocycles. The Labute approximate surface area is 181 Å². The van der Waals surface area contributed by atoms with Crippen molar-refractivity contribution in [2.75, 3.05) is 27.2 Å². The topological polar surface area (TPSA) is 32.8 Å². The molecule has 2 aromatic carbocycles. The Kier molecular flexibility index (Phi) is 7.19. The van der Waals surface area contributed by atoms with E-state index in [1.165, 1.54) is 5.56 Å². The van der Waals surface area contributed by atoms with Gasteiger partial charge in [0.15, 0.2) is 0 Å². The Bertz CT molecular complexity index is 821. The number of rotatable bonds is 7. The molecule has 3 atom stereocenters. The molecule has 0 bridgehead atoms. The summed E-state index contributed by atoms with van der Waals surface area (Å²) in [5, 5.41) is 0. The highest BCUT2D eigenvalue weighted by Gasteiger charge is 2.43. The smallest absolute Gasteiger partial charge is 0.219 e. The van der Waals surface area contributed by atoms with Crippen LogP contribution in [-0.2, 0) is 16.8 Å². The first-order valence-corrected chi connectivity index (χ1v) is 11.0. The third-order valence-electron chi connectivity index (χ3n) is 7.07. The molecule has 1 amide bonds. The van der Waals surface area contributed by atoms with Crippen LogP contribution in [0, 0.1) is 5.92 Å². The quantitative estimate of drug-likeness (QED) is 0.664. The van der Waals surface area contributed by atoms with Crippen molar-refractivity contribution in [2.45, 2.75) is 51.6 Å². The molecule has 0 unspecified atom stereocenters. The standard InChI is InChI=1S/C26H36N2O2/c1-20-18-27(4)21(2)17-26(20,24-9-7-6-8-10-24)15-16-28(22(3)29)19-23-11-13-25(30-5)14-12-23/h6-14,20-21H,15-19H2,1-5H3/t20-,21+,26+/m1/s1. The van der Waals surface area contributed by atoms with E-state index in [0.717, 1.165) is 37.2 Å². The Balaban J connectivity index is 1.81. The molecule has 3 rings (SSSR count). The van der Waals surface area contributed by atoms with E-state index in [2.05, 4.69) is 56.1 Å². The van der Waals surface area contributed by atoms with Crippen molar-refractivity contribution in [1.82, 2.24) is 9.80 Å². The molecule has 0 spiro atoms. The molecule has 162 valence electrons. The van der Waals surface area contributed by atoms with Gasteiger partial charge in [0.1, 0.15) is 5.75 Å². The van der Waals surface area contributed by atoms with Crippen LogP contribution in [0.2, 0.25) is 0 Å². The first-order chi connectivity index (χ1) is 14.4. The average molecular weight is 409 g/mol. The first-order valence-electron chi connectivity index (χ1n) is 11.0. The van der Waals surface area contributed by atoms with E-state index < -0.39 is 0 Å². The van der Waals surface area contributed by atoms with Crippen molar-refractivity contribution in [3.8, 4) is 5.75 Å². The lowest BCUT2D eigenvalue weighted by molar-refractivity contribution is -0.129. The minimum atomic E-state index is 0.0841. The highest BCUT2D eigenvalue weighted by molar-refractivity contribution is 5.73. The highest BCUT2D eigenvalue weighted by atomic mass is 16.5.